The van der Waals surface area contributed by atoms with E-state index in [0.717, 1.165) is 18.9 Å². The van der Waals surface area contributed by atoms with Crippen molar-refractivity contribution in [1.29, 1.82) is 0 Å². The van der Waals surface area contributed by atoms with Gasteiger partial charge < -0.3 is 35.4 Å². The van der Waals surface area contributed by atoms with Crippen molar-refractivity contribution in [3.05, 3.63) is 87.3 Å². The van der Waals surface area contributed by atoms with Crippen LogP contribution in [-0.4, -0.2) is 65.9 Å². The number of nitrogens with zero attached hydrogens (tertiary/aromatic N) is 3. The van der Waals surface area contributed by atoms with Gasteiger partial charge in [0.1, 0.15) is 17.4 Å². The van der Waals surface area contributed by atoms with Gasteiger partial charge in [0.05, 0.1) is 64.4 Å². The summed E-state index contributed by atoms with van der Waals surface area (Å²) in [4.78, 5) is 33.8. The number of nitrogen functional groups attached to an aromatic ring is 1. The Hall–Kier alpha value is -4.58. The van der Waals surface area contributed by atoms with Crippen LogP contribution < -0.4 is 20.7 Å². The number of rotatable bonds is 6. The van der Waals surface area contributed by atoms with Gasteiger partial charge in [-0.3, -0.25) is 4.79 Å². The highest BCUT2D eigenvalue weighted by Gasteiger charge is 2.40. The fourth-order valence-electron chi connectivity index (χ4n) is 6.74. The highest BCUT2D eigenvalue weighted by Crippen LogP contribution is 2.43. The van der Waals surface area contributed by atoms with E-state index in [9.17, 15) is 14.7 Å². The summed E-state index contributed by atoms with van der Waals surface area (Å²) < 4.78 is 27.5. The first-order valence-corrected chi connectivity index (χ1v) is 15.8. The van der Waals surface area contributed by atoms with E-state index in [-0.39, 0.29) is 52.1 Å². The van der Waals surface area contributed by atoms with Crippen molar-refractivity contribution >= 4 is 52.3 Å². The molecule has 0 radical (unpaired) electrons. The number of benzene rings is 3. The van der Waals surface area contributed by atoms with Gasteiger partial charge in [-0.25, -0.2) is 14.2 Å². The molecule has 0 saturated carbocycles. The van der Waals surface area contributed by atoms with E-state index in [2.05, 4.69) is 15.2 Å². The summed E-state index contributed by atoms with van der Waals surface area (Å²) in [7, 11) is 1.72. The lowest BCUT2D eigenvalue weighted by Crippen LogP contribution is -2.46. The number of amides is 1. The lowest BCUT2D eigenvalue weighted by molar-refractivity contribution is 0.0516. The van der Waals surface area contributed by atoms with Crippen LogP contribution in [0.4, 0.5) is 21.6 Å². The van der Waals surface area contributed by atoms with Crippen LogP contribution in [0.3, 0.4) is 0 Å². The van der Waals surface area contributed by atoms with Crippen LogP contribution in [0.1, 0.15) is 39.1 Å². The summed E-state index contributed by atoms with van der Waals surface area (Å²) in [5.74, 6) is -1.37. The van der Waals surface area contributed by atoms with Crippen LogP contribution in [0.2, 0.25) is 10.0 Å². The summed E-state index contributed by atoms with van der Waals surface area (Å²) in [5.41, 5.74) is 9.65. The van der Waals surface area contributed by atoms with E-state index < -0.39 is 17.7 Å². The summed E-state index contributed by atoms with van der Waals surface area (Å²) in [5, 5.41) is 13.2. The molecular formula is C34H30Cl2FN5O5. The number of nitrogens with one attached hydrogen (secondary N) is 1. The van der Waals surface area contributed by atoms with Crippen LogP contribution >= 0.6 is 23.2 Å². The number of nitrogens with two attached hydrogens (primary N) is 1. The molecule has 3 aliphatic heterocycles. The predicted molar refractivity (Wildman–Crippen MR) is 178 cm³/mol. The van der Waals surface area contributed by atoms with Crippen LogP contribution in [0.25, 0.3) is 22.3 Å². The molecule has 3 aliphatic rings. The van der Waals surface area contributed by atoms with Crippen LogP contribution in [-0.2, 0) is 11.3 Å². The zero-order chi connectivity index (χ0) is 33.0. The maximum absolute atomic E-state index is 15.7. The highest BCUT2D eigenvalue weighted by atomic mass is 35.5. The number of morpholine rings is 1. The molecule has 4 heterocycles. The molecule has 2 bridgehead atoms. The van der Waals surface area contributed by atoms with Gasteiger partial charge in [0.2, 0.25) is 0 Å². The second kappa shape index (κ2) is 12.2. The average molecular weight is 679 g/mol. The monoisotopic (exact) mass is 677 g/mol. The molecule has 0 spiro atoms. The van der Waals surface area contributed by atoms with Crippen molar-refractivity contribution < 1.29 is 28.6 Å². The smallest absolute Gasteiger partial charge is 0.337 e. The number of halogens is 3. The number of aromatic carboxylic acids is 1. The van der Waals surface area contributed by atoms with Crippen LogP contribution in [0.5, 0.6) is 5.75 Å². The SMILES string of the molecule is CNc1ncc(-c2cc(Cl)c(C(=O)N3COc4c(cccc4-c4cc(N5C6CCC5COC6)c(C(=O)O)cc4F)C3)c(Cl)c2)cc1N. The van der Waals surface area contributed by atoms with Crippen molar-refractivity contribution in [2.45, 2.75) is 31.5 Å². The van der Waals surface area contributed by atoms with Gasteiger partial charge in [-0.2, -0.15) is 0 Å². The van der Waals surface area contributed by atoms with E-state index in [4.69, 9.17) is 38.4 Å². The fourth-order valence-corrected chi connectivity index (χ4v) is 7.39. The Balaban J connectivity index is 1.19. The quantitative estimate of drug-likeness (QED) is 0.208. The number of carboxylic acid groups (broad SMARTS) is 1. The Bertz CT molecular complexity index is 1900. The molecule has 2 unspecified atom stereocenters. The van der Waals surface area contributed by atoms with E-state index >= 15 is 4.39 Å². The second-order valence-corrected chi connectivity index (χ2v) is 12.6. The molecule has 7 rings (SSSR count). The first-order valence-electron chi connectivity index (χ1n) is 15.0. The molecule has 47 heavy (non-hydrogen) atoms. The van der Waals surface area contributed by atoms with E-state index in [0.29, 0.717) is 58.4 Å². The maximum Gasteiger partial charge on any atom is 0.337 e. The minimum absolute atomic E-state index is 0.0205. The highest BCUT2D eigenvalue weighted by molar-refractivity contribution is 6.40. The Morgan fingerprint density at radius 1 is 1.04 bits per heavy atom. The standard InChI is InChI=1S/C34H30Cl2FN5O5/c1-39-32-28(38)9-19(12-40-32)18-7-25(35)30(26(36)8-18)33(43)41-13-17-3-2-4-22(31(17)47-16-41)23-11-29(24(34(44)45)10-27(23)37)42-20-5-6-21(42)15-46-14-20/h2-4,7-12,20-21H,5-6,13-16,38H2,1H3,(H,39,40)(H,44,45). The van der Waals surface area contributed by atoms with Gasteiger partial charge >= 0.3 is 5.97 Å². The molecule has 10 nitrogen and oxygen atoms in total. The number of anilines is 3. The fraction of sp³-hybridized carbons (Fsp3) is 0.265. The zero-order valence-corrected chi connectivity index (χ0v) is 26.7. The van der Waals surface area contributed by atoms with Gasteiger partial charge in [0.25, 0.3) is 5.91 Å². The zero-order valence-electron chi connectivity index (χ0n) is 25.2. The Kier molecular flexibility index (Phi) is 8.07. The molecule has 242 valence electrons. The minimum Gasteiger partial charge on any atom is -0.478 e. The van der Waals surface area contributed by atoms with Gasteiger partial charge in [-0.05, 0) is 48.7 Å². The van der Waals surface area contributed by atoms with Gasteiger partial charge in [0.15, 0.2) is 6.73 Å². The number of hydrogen-bond donors (Lipinski definition) is 3. The number of carboxylic acids is 1. The van der Waals surface area contributed by atoms with Gasteiger partial charge in [0, 0.05) is 35.5 Å². The first-order chi connectivity index (χ1) is 22.6. The number of para-hydroxylation sites is 1. The van der Waals surface area contributed by atoms with Gasteiger partial charge in [-0.1, -0.05) is 41.4 Å². The lowest BCUT2D eigenvalue weighted by Gasteiger charge is -2.37. The second-order valence-electron chi connectivity index (χ2n) is 11.8. The third kappa shape index (κ3) is 5.48. The lowest BCUT2D eigenvalue weighted by atomic mass is 9.96. The molecule has 2 fully saturated rings. The van der Waals surface area contributed by atoms with E-state index in [1.807, 2.05) is 0 Å². The number of hydrogen-bond acceptors (Lipinski definition) is 8. The minimum atomic E-state index is -1.20. The summed E-state index contributed by atoms with van der Waals surface area (Å²) in [6.45, 7) is 0.987. The normalized spacial score (nSPS) is 18.5. The molecule has 13 heteroatoms. The van der Waals surface area contributed by atoms with Crippen molar-refractivity contribution in [3.63, 3.8) is 0 Å². The van der Waals surface area contributed by atoms with Crippen molar-refractivity contribution in [2.24, 2.45) is 0 Å². The number of pyridine rings is 1. The van der Waals surface area contributed by atoms with E-state index in [1.54, 1.807) is 55.7 Å². The molecule has 4 aromatic rings. The largest absolute Gasteiger partial charge is 0.478 e. The van der Waals surface area contributed by atoms with Crippen LogP contribution in [0, 0.1) is 5.82 Å². The molecule has 2 saturated heterocycles. The third-order valence-corrected chi connectivity index (χ3v) is 9.57. The molecule has 0 aliphatic carbocycles. The molecule has 4 N–H and O–H groups in total. The number of ether oxygens (including phenoxy) is 2. The molecule has 3 aromatic carbocycles. The predicted octanol–water partition coefficient (Wildman–Crippen LogP) is 6.54. The van der Waals surface area contributed by atoms with Gasteiger partial charge in [-0.15, -0.1) is 0 Å². The van der Waals surface area contributed by atoms with Crippen molar-refractivity contribution in [1.82, 2.24) is 9.88 Å². The number of fused-ring (bicyclic) bond motifs is 3. The van der Waals surface area contributed by atoms with Crippen molar-refractivity contribution in [2.75, 3.05) is 42.9 Å². The Labute approximate surface area is 279 Å². The molecule has 1 amide bonds. The maximum atomic E-state index is 15.7. The Morgan fingerprint density at radius 3 is 2.43 bits per heavy atom. The molecular weight excluding hydrogens is 648 g/mol. The summed E-state index contributed by atoms with van der Waals surface area (Å²) in [6.07, 6.45) is 3.37. The van der Waals surface area contributed by atoms with Crippen molar-refractivity contribution in [3.8, 4) is 28.0 Å². The topological polar surface area (TPSA) is 130 Å². The molecule has 2 atom stereocenters. The molecule has 1 aromatic heterocycles. The third-order valence-electron chi connectivity index (χ3n) is 8.98. The number of carbonyl (C=O) groups excluding carboxylic acids is 1. The summed E-state index contributed by atoms with van der Waals surface area (Å²) >= 11 is 13.3. The summed E-state index contributed by atoms with van der Waals surface area (Å²) in [6, 6.07) is 13.0. The number of aromatic nitrogens is 1. The number of carbonyl (C=O) groups is 2. The Morgan fingerprint density at radius 2 is 1.77 bits per heavy atom. The van der Waals surface area contributed by atoms with E-state index in [1.165, 1.54) is 4.90 Å². The average Bonchev–Trinajstić information content (AvgIpc) is 3.30. The van der Waals surface area contributed by atoms with Crippen LogP contribution in [0.15, 0.2) is 54.7 Å². The first kappa shape index (κ1) is 31.0.